The van der Waals surface area contributed by atoms with E-state index in [4.69, 9.17) is 0 Å². The first-order valence-corrected chi connectivity index (χ1v) is 5.54. The first-order chi connectivity index (χ1) is 6.42. The van der Waals surface area contributed by atoms with Crippen molar-refractivity contribution >= 4 is 0 Å². The van der Waals surface area contributed by atoms with Gasteiger partial charge in [-0.15, -0.1) is 0 Å². The summed E-state index contributed by atoms with van der Waals surface area (Å²) in [5.74, 6) is 1.04. The van der Waals surface area contributed by atoms with E-state index in [2.05, 4.69) is 27.7 Å². The lowest BCUT2D eigenvalue weighted by atomic mass is 9.46. The molecule has 2 heteroatoms. The summed E-state index contributed by atoms with van der Waals surface area (Å²) in [7, 11) is 0. The lowest BCUT2D eigenvalue weighted by Gasteiger charge is -2.59. The molecule has 1 aliphatic carbocycles. The second-order valence-corrected chi connectivity index (χ2v) is 5.66. The van der Waals surface area contributed by atoms with E-state index in [0.717, 1.165) is 12.8 Å². The molecule has 0 aliphatic heterocycles. The highest BCUT2D eigenvalue weighted by Crippen LogP contribution is 2.62. The molecule has 0 aromatic carbocycles. The zero-order valence-corrected chi connectivity index (χ0v) is 9.74. The molecule has 0 N–H and O–H groups in total. The van der Waals surface area contributed by atoms with Crippen LogP contribution >= 0.6 is 0 Å². The summed E-state index contributed by atoms with van der Waals surface area (Å²) >= 11 is 0. The molecule has 14 heavy (non-hydrogen) atoms. The summed E-state index contributed by atoms with van der Waals surface area (Å²) in [5, 5.41) is 0. The number of hydrogen-bond donors (Lipinski definition) is 0. The minimum atomic E-state index is -0.630. The molecule has 84 valence electrons. The minimum absolute atomic E-state index is 0.179. The van der Waals surface area contributed by atoms with Crippen LogP contribution in [0.4, 0.5) is 8.78 Å². The van der Waals surface area contributed by atoms with E-state index in [1.807, 2.05) is 0 Å². The Labute approximate surface area is 86.1 Å². The summed E-state index contributed by atoms with van der Waals surface area (Å²) < 4.78 is 25.4. The van der Waals surface area contributed by atoms with Crippen molar-refractivity contribution in [3.05, 3.63) is 0 Å². The van der Waals surface area contributed by atoms with Crippen molar-refractivity contribution in [2.45, 2.75) is 40.5 Å². The predicted molar refractivity (Wildman–Crippen MR) is 55.7 cm³/mol. The van der Waals surface area contributed by atoms with Gasteiger partial charge in [0.2, 0.25) is 0 Å². The van der Waals surface area contributed by atoms with Gasteiger partial charge in [-0.1, -0.05) is 27.7 Å². The van der Waals surface area contributed by atoms with Crippen molar-refractivity contribution in [3.63, 3.8) is 0 Å². The van der Waals surface area contributed by atoms with E-state index in [1.165, 1.54) is 0 Å². The van der Waals surface area contributed by atoms with Crippen LogP contribution in [0.2, 0.25) is 0 Å². The molecular weight excluding hydrogens is 182 g/mol. The summed E-state index contributed by atoms with van der Waals surface area (Å²) in [4.78, 5) is 0. The highest BCUT2D eigenvalue weighted by atomic mass is 19.1. The highest BCUT2D eigenvalue weighted by Gasteiger charge is 2.57. The molecule has 0 unspecified atom stereocenters. The van der Waals surface area contributed by atoms with E-state index in [-0.39, 0.29) is 5.41 Å². The first-order valence-electron chi connectivity index (χ1n) is 5.54. The normalized spacial score (nSPS) is 24.0. The van der Waals surface area contributed by atoms with Crippen LogP contribution in [0.15, 0.2) is 0 Å². The van der Waals surface area contributed by atoms with Crippen LogP contribution in [0, 0.1) is 22.7 Å². The standard InChI is InChI=1S/C12H22F2/c1-9(2)12(10(3)4)5-11(6-12,7-13)8-14/h9-10H,5-8H2,1-4H3. The molecule has 0 bridgehead atoms. The molecule has 0 saturated heterocycles. The molecule has 1 rings (SSSR count). The van der Waals surface area contributed by atoms with Gasteiger partial charge in [0.15, 0.2) is 0 Å². The molecular formula is C12H22F2. The van der Waals surface area contributed by atoms with Gasteiger partial charge < -0.3 is 0 Å². The summed E-state index contributed by atoms with van der Waals surface area (Å²) in [6, 6.07) is 0. The van der Waals surface area contributed by atoms with E-state index >= 15 is 0 Å². The van der Waals surface area contributed by atoms with Crippen molar-refractivity contribution < 1.29 is 8.78 Å². The monoisotopic (exact) mass is 204 g/mol. The average molecular weight is 204 g/mol. The Morgan fingerprint density at radius 3 is 1.50 bits per heavy atom. The number of halogens is 2. The van der Waals surface area contributed by atoms with Crippen LogP contribution in [-0.4, -0.2) is 13.3 Å². The quantitative estimate of drug-likeness (QED) is 0.649. The van der Waals surface area contributed by atoms with Gasteiger partial charge in [-0.05, 0) is 30.1 Å². The lowest BCUT2D eigenvalue weighted by Crippen LogP contribution is -2.54. The molecule has 1 aliphatic rings. The third-order valence-corrected chi connectivity index (χ3v) is 4.27. The Hall–Kier alpha value is -0.140. The van der Waals surface area contributed by atoms with Crippen LogP contribution < -0.4 is 0 Å². The van der Waals surface area contributed by atoms with Crippen LogP contribution in [-0.2, 0) is 0 Å². The second-order valence-electron chi connectivity index (χ2n) is 5.66. The first kappa shape index (κ1) is 11.9. The summed E-state index contributed by atoms with van der Waals surface area (Å²) in [6.45, 7) is 7.68. The van der Waals surface area contributed by atoms with Crippen LogP contribution in [0.25, 0.3) is 0 Å². The molecule has 1 fully saturated rings. The minimum Gasteiger partial charge on any atom is -0.250 e. The van der Waals surface area contributed by atoms with Crippen molar-refractivity contribution in [1.82, 2.24) is 0 Å². The Balaban J connectivity index is 2.73. The molecule has 1 saturated carbocycles. The van der Waals surface area contributed by atoms with E-state index in [1.54, 1.807) is 0 Å². The molecule has 0 nitrogen and oxygen atoms in total. The summed E-state index contributed by atoms with van der Waals surface area (Å²) in [6.07, 6.45) is 1.45. The fourth-order valence-electron chi connectivity index (χ4n) is 3.05. The lowest BCUT2D eigenvalue weighted by molar-refractivity contribution is -0.127. The van der Waals surface area contributed by atoms with Crippen molar-refractivity contribution in [2.75, 3.05) is 13.3 Å². The molecule has 0 amide bonds. The third-order valence-electron chi connectivity index (χ3n) is 4.27. The van der Waals surface area contributed by atoms with Crippen LogP contribution in [0.3, 0.4) is 0 Å². The molecule has 0 aromatic heterocycles. The third kappa shape index (κ3) is 1.57. The maximum absolute atomic E-state index is 12.7. The molecule has 0 heterocycles. The van der Waals surface area contributed by atoms with Crippen molar-refractivity contribution in [3.8, 4) is 0 Å². The largest absolute Gasteiger partial charge is 0.250 e. The Morgan fingerprint density at radius 2 is 1.29 bits per heavy atom. The highest BCUT2D eigenvalue weighted by molar-refractivity contribution is 5.05. The topological polar surface area (TPSA) is 0 Å². The number of rotatable bonds is 4. The number of hydrogen-bond acceptors (Lipinski definition) is 0. The average Bonchev–Trinajstić information content (AvgIpc) is 2.03. The fourth-order valence-corrected chi connectivity index (χ4v) is 3.05. The Kier molecular flexibility index (Phi) is 3.23. The Morgan fingerprint density at radius 1 is 0.929 bits per heavy atom. The van der Waals surface area contributed by atoms with Gasteiger partial charge in [-0.2, -0.15) is 0 Å². The molecule has 0 aromatic rings. The zero-order chi connectivity index (χ0) is 11.0. The molecule has 0 atom stereocenters. The van der Waals surface area contributed by atoms with Gasteiger partial charge in [0, 0.05) is 5.41 Å². The van der Waals surface area contributed by atoms with Crippen molar-refractivity contribution in [1.29, 1.82) is 0 Å². The van der Waals surface area contributed by atoms with Gasteiger partial charge in [0.05, 0.1) is 13.3 Å². The summed E-state index contributed by atoms with van der Waals surface area (Å²) in [5.41, 5.74) is -0.452. The van der Waals surface area contributed by atoms with E-state index in [0.29, 0.717) is 11.8 Å². The van der Waals surface area contributed by atoms with E-state index in [9.17, 15) is 8.78 Å². The molecule has 0 radical (unpaired) electrons. The molecule has 0 spiro atoms. The predicted octanol–water partition coefficient (Wildman–Crippen LogP) is 4.00. The SMILES string of the molecule is CC(C)C1(C(C)C)CC(CF)(CF)C1. The van der Waals surface area contributed by atoms with Gasteiger partial charge in [0.1, 0.15) is 0 Å². The van der Waals surface area contributed by atoms with Gasteiger partial charge >= 0.3 is 0 Å². The van der Waals surface area contributed by atoms with Gasteiger partial charge in [-0.25, -0.2) is 0 Å². The van der Waals surface area contributed by atoms with Gasteiger partial charge in [0.25, 0.3) is 0 Å². The van der Waals surface area contributed by atoms with Crippen molar-refractivity contribution in [2.24, 2.45) is 22.7 Å². The zero-order valence-electron chi connectivity index (χ0n) is 9.74. The Bertz CT molecular complexity index is 174. The second kappa shape index (κ2) is 3.79. The maximum Gasteiger partial charge on any atom is 0.0976 e. The van der Waals surface area contributed by atoms with E-state index < -0.39 is 18.8 Å². The van der Waals surface area contributed by atoms with Gasteiger partial charge in [-0.3, -0.25) is 8.78 Å². The maximum atomic E-state index is 12.7. The van der Waals surface area contributed by atoms with Crippen LogP contribution in [0.1, 0.15) is 40.5 Å². The fraction of sp³-hybridized carbons (Fsp3) is 1.00. The smallest absolute Gasteiger partial charge is 0.0976 e. The number of alkyl halides is 2. The van der Waals surface area contributed by atoms with Crippen LogP contribution in [0.5, 0.6) is 0 Å².